The van der Waals surface area contributed by atoms with Gasteiger partial charge in [-0.15, -0.1) is 11.3 Å². The summed E-state index contributed by atoms with van der Waals surface area (Å²) >= 11 is 7.60. The first-order valence-corrected chi connectivity index (χ1v) is 7.33. The number of nitrogens with zero attached hydrogens (tertiary/aromatic N) is 1. The second kappa shape index (κ2) is 6.24. The van der Waals surface area contributed by atoms with Crippen LogP contribution in [0.1, 0.15) is 34.0 Å². The van der Waals surface area contributed by atoms with E-state index in [1.165, 1.54) is 7.11 Å². The number of methoxy groups -OCH3 is 1. The van der Waals surface area contributed by atoms with Crippen molar-refractivity contribution in [1.29, 1.82) is 0 Å². The van der Waals surface area contributed by atoms with Gasteiger partial charge in [-0.2, -0.15) is 0 Å². The van der Waals surface area contributed by atoms with Crippen LogP contribution in [0.5, 0.6) is 0 Å². The van der Waals surface area contributed by atoms with E-state index >= 15 is 0 Å². The molecule has 0 aliphatic rings. The van der Waals surface area contributed by atoms with E-state index in [0.29, 0.717) is 10.6 Å². The van der Waals surface area contributed by atoms with Crippen LogP contribution in [-0.4, -0.2) is 18.1 Å². The monoisotopic (exact) mass is 310 g/mol. The highest BCUT2D eigenvalue weighted by molar-refractivity contribution is 7.09. The number of benzene rings is 1. The molecule has 0 spiro atoms. The number of aromatic nitrogens is 1. The van der Waals surface area contributed by atoms with Crippen LogP contribution >= 0.6 is 22.9 Å². The molecule has 0 aliphatic carbocycles. The normalized spacial score (nSPS) is 12.0. The maximum absolute atomic E-state index is 11.6. The number of hydrogen-bond acceptors (Lipinski definition) is 5. The van der Waals surface area contributed by atoms with Crippen molar-refractivity contribution in [3.8, 4) is 0 Å². The van der Waals surface area contributed by atoms with Gasteiger partial charge in [0.1, 0.15) is 0 Å². The summed E-state index contributed by atoms with van der Waals surface area (Å²) in [5, 5.41) is 6.72. The summed E-state index contributed by atoms with van der Waals surface area (Å²) in [5.41, 5.74) is 2.12. The fourth-order valence-electron chi connectivity index (χ4n) is 1.78. The Hall–Kier alpha value is -1.59. The van der Waals surface area contributed by atoms with E-state index < -0.39 is 5.97 Å². The molecule has 0 bridgehead atoms. The number of halogens is 1. The topological polar surface area (TPSA) is 51.2 Å². The maximum atomic E-state index is 11.6. The second-order valence-electron chi connectivity index (χ2n) is 4.34. The third kappa shape index (κ3) is 3.29. The summed E-state index contributed by atoms with van der Waals surface area (Å²) in [6.45, 7) is 3.99. The van der Waals surface area contributed by atoms with E-state index in [0.717, 1.165) is 16.4 Å². The van der Waals surface area contributed by atoms with Crippen molar-refractivity contribution in [2.24, 2.45) is 0 Å². The lowest BCUT2D eigenvalue weighted by Gasteiger charge is -2.14. The van der Waals surface area contributed by atoms with E-state index in [-0.39, 0.29) is 6.04 Å². The number of esters is 1. The van der Waals surface area contributed by atoms with E-state index in [1.807, 2.05) is 25.3 Å². The molecule has 1 atom stereocenters. The molecule has 0 amide bonds. The lowest BCUT2D eigenvalue weighted by Crippen LogP contribution is -2.09. The summed E-state index contributed by atoms with van der Waals surface area (Å²) in [4.78, 5) is 16.0. The molecule has 1 N–H and O–H groups in total. The van der Waals surface area contributed by atoms with Gasteiger partial charge >= 0.3 is 5.97 Å². The minimum absolute atomic E-state index is 0.0478. The Morgan fingerprint density at radius 3 is 2.85 bits per heavy atom. The van der Waals surface area contributed by atoms with Crippen molar-refractivity contribution >= 4 is 34.6 Å². The van der Waals surface area contributed by atoms with Gasteiger partial charge in [0.2, 0.25) is 0 Å². The summed E-state index contributed by atoms with van der Waals surface area (Å²) in [5.74, 6) is -0.448. The molecule has 6 heteroatoms. The van der Waals surface area contributed by atoms with E-state index in [9.17, 15) is 4.79 Å². The Labute approximate surface area is 126 Å². The molecule has 1 unspecified atom stereocenters. The number of anilines is 1. The number of aryl methyl sites for hydroxylation is 1. The first-order chi connectivity index (χ1) is 9.51. The van der Waals surface area contributed by atoms with Gasteiger partial charge in [-0.1, -0.05) is 11.6 Å². The molecular weight excluding hydrogens is 296 g/mol. The summed E-state index contributed by atoms with van der Waals surface area (Å²) in [6.07, 6.45) is 0. The van der Waals surface area contributed by atoms with Gasteiger partial charge in [-0.05, 0) is 32.0 Å². The molecule has 106 valence electrons. The first-order valence-electron chi connectivity index (χ1n) is 6.07. The molecule has 20 heavy (non-hydrogen) atoms. The van der Waals surface area contributed by atoms with Gasteiger partial charge in [0, 0.05) is 11.1 Å². The largest absolute Gasteiger partial charge is 0.465 e. The van der Waals surface area contributed by atoms with Gasteiger partial charge in [0.25, 0.3) is 0 Å². The average molecular weight is 311 g/mol. The van der Waals surface area contributed by atoms with Crippen molar-refractivity contribution in [3.05, 3.63) is 44.9 Å². The predicted molar refractivity (Wildman–Crippen MR) is 81.7 cm³/mol. The second-order valence-corrected chi connectivity index (χ2v) is 5.81. The van der Waals surface area contributed by atoms with Crippen LogP contribution in [0.3, 0.4) is 0 Å². The molecule has 1 aromatic heterocycles. The summed E-state index contributed by atoms with van der Waals surface area (Å²) in [7, 11) is 1.33. The highest BCUT2D eigenvalue weighted by atomic mass is 35.5. The quantitative estimate of drug-likeness (QED) is 0.865. The van der Waals surface area contributed by atoms with Crippen molar-refractivity contribution in [2.75, 3.05) is 12.4 Å². The van der Waals surface area contributed by atoms with Crippen molar-refractivity contribution < 1.29 is 9.53 Å². The zero-order valence-corrected chi connectivity index (χ0v) is 13.0. The average Bonchev–Trinajstić information content (AvgIpc) is 2.87. The standard InChI is InChI=1S/C14H15ClN2O2S/c1-8(13-7-20-9(2)17-13)16-10-4-5-12(15)11(6-10)14(18)19-3/h4-8,16H,1-3H3. The van der Waals surface area contributed by atoms with Gasteiger partial charge in [0.15, 0.2) is 0 Å². The maximum Gasteiger partial charge on any atom is 0.339 e. The molecular formula is C14H15ClN2O2S. The Balaban J connectivity index is 2.19. The number of carbonyl (C=O) groups is 1. The molecule has 0 aliphatic heterocycles. The Kier molecular flexibility index (Phi) is 4.62. The van der Waals surface area contributed by atoms with Gasteiger partial charge in [0.05, 0.1) is 34.4 Å². The summed E-state index contributed by atoms with van der Waals surface area (Å²) < 4.78 is 4.70. The first kappa shape index (κ1) is 14.8. The third-order valence-corrected chi connectivity index (χ3v) is 3.96. The highest BCUT2D eigenvalue weighted by Crippen LogP contribution is 2.25. The SMILES string of the molecule is COC(=O)c1cc(NC(C)c2csc(C)n2)ccc1Cl. The van der Waals surface area contributed by atoms with Crippen LogP contribution in [0, 0.1) is 6.92 Å². The molecule has 4 nitrogen and oxygen atoms in total. The Morgan fingerprint density at radius 1 is 1.50 bits per heavy atom. The number of rotatable bonds is 4. The zero-order chi connectivity index (χ0) is 14.7. The number of carbonyl (C=O) groups excluding carboxylic acids is 1. The fourth-order valence-corrected chi connectivity index (χ4v) is 2.69. The van der Waals surface area contributed by atoms with Crippen molar-refractivity contribution in [3.63, 3.8) is 0 Å². The molecule has 1 heterocycles. The molecule has 0 fully saturated rings. The van der Waals surface area contributed by atoms with Crippen LogP contribution in [-0.2, 0) is 4.74 Å². The van der Waals surface area contributed by atoms with E-state index in [1.54, 1.807) is 23.5 Å². The van der Waals surface area contributed by atoms with Crippen molar-refractivity contribution in [1.82, 2.24) is 4.98 Å². The molecule has 2 aromatic rings. The Morgan fingerprint density at radius 2 is 2.25 bits per heavy atom. The van der Waals surface area contributed by atoms with E-state index in [4.69, 9.17) is 16.3 Å². The summed E-state index contributed by atoms with van der Waals surface area (Å²) in [6, 6.07) is 5.23. The number of hydrogen-bond donors (Lipinski definition) is 1. The third-order valence-electron chi connectivity index (χ3n) is 2.84. The van der Waals surface area contributed by atoms with Gasteiger partial charge < -0.3 is 10.1 Å². The predicted octanol–water partition coefficient (Wildman–Crippen LogP) is 4.06. The van der Waals surface area contributed by atoms with Gasteiger partial charge in [-0.3, -0.25) is 0 Å². The van der Waals surface area contributed by atoms with Gasteiger partial charge in [-0.25, -0.2) is 9.78 Å². The lowest BCUT2D eigenvalue weighted by atomic mass is 10.1. The minimum atomic E-state index is -0.448. The van der Waals surface area contributed by atoms with E-state index in [2.05, 4.69) is 10.3 Å². The lowest BCUT2D eigenvalue weighted by molar-refractivity contribution is 0.0601. The molecule has 0 radical (unpaired) electrons. The molecule has 1 aromatic carbocycles. The van der Waals surface area contributed by atoms with Crippen LogP contribution < -0.4 is 5.32 Å². The van der Waals surface area contributed by atoms with Crippen LogP contribution in [0.4, 0.5) is 5.69 Å². The fraction of sp³-hybridized carbons (Fsp3) is 0.286. The number of ether oxygens (including phenoxy) is 1. The number of thiazole rings is 1. The number of nitrogens with one attached hydrogen (secondary N) is 1. The van der Waals surface area contributed by atoms with Crippen LogP contribution in [0.2, 0.25) is 5.02 Å². The smallest absolute Gasteiger partial charge is 0.339 e. The minimum Gasteiger partial charge on any atom is -0.465 e. The zero-order valence-electron chi connectivity index (χ0n) is 11.4. The van der Waals surface area contributed by atoms with Crippen molar-refractivity contribution in [2.45, 2.75) is 19.9 Å². The van der Waals surface area contributed by atoms with Crippen LogP contribution in [0.15, 0.2) is 23.6 Å². The molecule has 0 saturated carbocycles. The Bertz CT molecular complexity index is 627. The highest BCUT2D eigenvalue weighted by Gasteiger charge is 2.13. The molecule has 0 saturated heterocycles. The molecule has 2 rings (SSSR count). The van der Waals surface area contributed by atoms with Crippen LogP contribution in [0.25, 0.3) is 0 Å².